The lowest BCUT2D eigenvalue weighted by molar-refractivity contribution is 0.318. The van der Waals surface area contributed by atoms with Crippen LogP contribution in [0.15, 0.2) is 48.7 Å². The molecule has 6 nitrogen and oxygen atoms in total. The lowest BCUT2D eigenvalue weighted by Crippen LogP contribution is -2.02. The smallest absolute Gasteiger partial charge is 0.177 e. The second-order valence-electron chi connectivity index (χ2n) is 5.84. The first kappa shape index (κ1) is 16.1. The summed E-state index contributed by atoms with van der Waals surface area (Å²) in [6.45, 7) is 2.71. The summed E-state index contributed by atoms with van der Waals surface area (Å²) in [5.74, 6) is 0.679. The molecule has 2 aromatic carbocycles. The number of phenols is 1. The van der Waals surface area contributed by atoms with Crippen LogP contribution in [0.4, 0.5) is 4.39 Å². The van der Waals surface area contributed by atoms with Crippen molar-refractivity contribution >= 4 is 11.2 Å². The van der Waals surface area contributed by atoms with E-state index in [-0.39, 0.29) is 11.6 Å². The predicted molar refractivity (Wildman–Crippen MR) is 95.7 cm³/mol. The Balaban J connectivity index is 1.71. The Morgan fingerprint density at radius 2 is 2.08 bits per heavy atom. The maximum absolute atomic E-state index is 13.4. The summed E-state index contributed by atoms with van der Waals surface area (Å²) >= 11 is 0. The number of H-pyrrole nitrogens is 1. The number of benzene rings is 2. The third-order valence-corrected chi connectivity index (χ3v) is 4.06. The Kier molecular flexibility index (Phi) is 4.04. The van der Waals surface area contributed by atoms with Gasteiger partial charge in [0.1, 0.15) is 17.2 Å². The zero-order valence-corrected chi connectivity index (χ0v) is 14.1. The molecule has 26 heavy (non-hydrogen) atoms. The van der Waals surface area contributed by atoms with Gasteiger partial charge in [-0.05, 0) is 36.8 Å². The van der Waals surface area contributed by atoms with Crippen LogP contribution in [0.1, 0.15) is 12.5 Å². The number of halogens is 1. The molecular weight excluding hydrogens is 335 g/mol. The number of nitrogens with one attached hydrogen (secondary N) is 1. The van der Waals surface area contributed by atoms with Crippen LogP contribution in [0, 0.1) is 5.82 Å². The Morgan fingerprint density at radius 1 is 1.23 bits per heavy atom. The molecule has 0 aliphatic rings. The van der Waals surface area contributed by atoms with Crippen molar-refractivity contribution in [2.24, 2.45) is 0 Å². The van der Waals surface area contributed by atoms with Gasteiger partial charge in [-0.15, -0.1) is 0 Å². The highest BCUT2D eigenvalue weighted by Crippen LogP contribution is 2.36. The summed E-state index contributed by atoms with van der Waals surface area (Å²) in [7, 11) is 0. The lowest BCUT2D eigenvalue weighted by Gasteiger charge is -2.08. The van der Waals surface area contributed by atoms with Crippen LogP contribution in [-0.2, 0) is 6.54 Å². The van der Waals surface area contributed by atoms with E-state index >= 15 is 0 Å². The highest BCUT2D eigenvalue weighted by atomic mass is 19.1. The molecule has 0 radical (unpaired) electrons. The maximum Gasteiger partial charge on any atom is 0.177 e. The largest absolute Gasteiger partial charge is 0.504 e. The number of nitrogens with zero attached hydrogens (tertiary/aromatic N) is 3. The summed E-state index contributed by atoms with van der Waals surface area (Å²) in [6, 6.07) is 11.6. The molecule has 0 unspecified atom stereocenters. The summed E-state index contributed by atoms with van der Waals surface area (Å²) in [5, 5.41) is 14.7. The Bertz CT molecular complexity index is 1070. The van der Waals surface area contributed by atoms with Gasteiger partial charge >= 0.3 is 0 Å². The number of ether oxygens (including phenoxy) is 1. The third kappa shape index (κ3) is 2.88. The van der Waals surface area contributed by atoms with Crippen molar-refractivity contribution in [1.82, 2.24) is 19.7 Å². The quantitative estimate of drug-likeness (QED) is 0.574. The molecular formula is C19H17FN4O2. The van der Waals surface area contributed by atoms with Gasteiger partial charge in [-0.3, -0.25) is 0 Å². The van der Waals surface area contributed by atoms with Gasteiger partial charge in [0.2, 0.25) is 0 Å². The van der Waals surface area contributed by atoms with E-state index in [1.807, 2.05) is 13.0 Å². The van der Waals surface area contributed by atoms with Crippen molar-refractivity contribution in [1.29, 1.82) is 0 Å². The van der Waals surface area contributed by atoms with Gasteiger partial charge in [0.25, 0.3) is 0 Å². The van der Waals surface area contributed by atoms with E-state index in [2.05, 4.69) is 15.1 Å². The molecule has 2 N–H and O–H groups in total. The molecule has 4 aromatic rings. The van der Waals surface area contributed by atoms with Crippen LogP contribution in [0.2, 0.25) is 0 Å². The summed E-state index contributed by atoms with van der Waals surface area (Å²) in [6.07, 6.45) is 1.66. The maximum atomic E-state index is 13.4. The molecule has 4 rings (SSSR count). The molecule has 132 valence electrons. The van der Waals surface area contributed by atoms with Gasteiger partial charge in [0.15, 0.2) is 17.1 Å². The number of aromatic amines is 1. The van der Waals surface area contributed by atoms with Crippen LogP contribution < -0.4 is 4.74 Å². The van der Waals surface area contributed by atoms with Gasteiger partial charge in [-0.25, -0.2) is 14.1 Å². The number of phenolic OH excluding ortho intramolecular Hbond substituents is 1. The number of aromatic nitrogens is 4. The molecule has 0 spiro atoms. The average Bonchev–Trinajstić information content (AvgIpc) is 3.19. The van der Waals surface area contributed by atoms with Crippen molar-refractivity contribution in [2.45, 2.75) is 13.5 Å². The first-order valence-electron chi connectivity index (χ1n) is 8.27. The van der Waals surface area contributed by atoms with Crippen LogP contribution in [0.5, 0.6) is 11.5 Å². The summed E-state index contributed by atoms with van der Waals surface area (Å²) < 4.78 is 20.5. The second kappa shape index (κ2) is 6.51. The Hall–Kier alpha value is -3.35. The van der Waals surface area contributed by atoms with E-state index in [0.29, 0.717) is 35.9 Å². The van der Waals surface area contributed by atoms with E-state index in [0.717, 1.165) is 11.1 Å². The molecule has 0 saturated heterocycles. The summed E-state index contributed by atoms with van der Waals surface area (Å²) in [4.78, 5) is 7.71. The zero-order chi connectivity index (χ0) is 18.1. The van der Waals surface area contributed by atoms with Crippen molar-refractivity contribution in [3.05, 3.63) is 60.0 Å². The van der Waals surface area contributed by atoms with Gasteiger partial charge in [0.05, 0.1) is 24.9 Å². The van der Waals surface area contributed by atoms with Crippen molar-refractivity contribution in [3.63, 3.8) is 0 Å². The molecule has 0 bridgehead atoms. The average molecular weight is 352 g/mol. The van der Waals surface area contributed by atoms with E-state index in [9.17, 15) is 9.50 Å². The second-order valence-corrected chi connectivity index (χ2v) is 5.84. The van der Waals surface area contributed by atoms with Crippen molar-refractivity contribution < 1.29 is 14.2 Å². The molecule has 0 aliphatic heterocycles. The minimum Gasteiger partial charge on any atom is -0.504 e. The number of hydrogen-bond donors (Lipinski definition) is 2. The topological polar surface area (TPSA) is 76.0 Å². The molecule has 0 aliphatic carbocycles. The number of imidazole rings is 1. The highest BCUT2D eigenvalue weighted by molar-refractivity contribution is 5.78. The van der Waals surface area contributed by atoms with Crippen molar-refractivity contribution in [2.75, 3.05) is 6.61 Å². The van der Waals surface area contributed by atoms with Gasteiger partial charge in [-0.1, -0.05) is 18.2 Å². The molecule has 0 fully saturated rings. The van der Waals surface area contributed by atoms with Gasteiger partial charge < -0.3 is 14.8 Å². The molecule has 0 atom stereocenters. The number of rotatable bonds is 5. The fourth-order valence-electron chi connectivity index (χ4n) is 2.88. The SMILES string of the molecule is CCOc1cccc(-c2nc3c(cnn3Cc3cccc(F)c3)[nH]2)c1O. The van der Waals surface area contributed by atoms with E-state index in [4.69, 9.17) is 4.74 Å². The standard InChI is InChI=1S/C19H17FN4O2/c1-2-26-16-8-4-7-14(17(16)25)18-22-15-10-21-24(19(15)23-18)11-12-5-3-6-13(20)9-12/h3-10,25H,2,11H2,1H3,(H,22,23). The monoisotopic (exact) mass is 352 g/mol. The first-order chi connectivity index (χ1) is 12.7. The van der Waals surface area contributed by atoms with E-state index < -0.39 is 0 Å². The van der Waals surface area contributed by atoms with Crippen LogP contribution >= 0.6 is 0 Å². The van der Waals surface area contributed by atoms with Gasteiger partial charge in [-0.2, -0.15) is 5.10 Å². The van der Waals surface area contributed by atoms with Crippen molar-refractivity contribution in [3.8, 4) is 22.9 Å². The van der Waals surface area contributed by atoms with Crippen LogP contribution in [-0.4, -0.2) is 31.5 Å². The number of para-hydroxylation sites is 1. The Labute approximate surface area is 148 Å². The number of fused-ring (bicyclic) bond motifs is 1. The minimum absolute atomic E-state index is 0.0374. The number of hydrogen-bond acceptors (Lipinski definition) is 4. The molecule has 0 amide bonds. The van der Waals surface area contributed by atoms with Crippen LogP contribution in [0.3, 0.4) is 0 Å². The number of aromatic hydroxyl groups is 1. The third-order valence-electron chi connectivity index (χ3n) is 4.06. The lowest BCUT2D eigenvalue weighted by atomic mass is 10.2. The first-order valence-corrected chi connectivity index (χ1v) is 8.27. The Morgan fingerprint density at radius 3 is 2.88 bits per heavy atom. The summed E-state index contributed by atoms with van der Waals surface area (Å²) in [5.41, 5.74) is 2.70. The molecule has 2 heterocycles. The minimum atomic E-state index is -0.286. The zero-order valence-electron chi connectivity index (χ0n) is 14.1. The fraction of sp³-hybridized carbons (Fsp3) is 0.158. The highest BCUT2D eigenvalue weighted by Gasteiger charge is 2.16. The normalized spacial score (nSPS) is 11.2. The van der Waals surface area contributed by atoms with Gasteiger partial charge in [0, 0.05) is 0 Å². The molecule has 0 saturated carbocycles. The van der Waals surface area contributed by atoms with E-state index in [1.54, 1.807) is 35.1 Å². The predicted octanol–water partition coefficient (Wildman–Crippen LogP) is 3.72. The molecule has 7 heteroatoms. The fourth-order valence-corrected chi connectivity index (χ4v) is 2.88. The van der Waals surface area contributed by atoms with E-state index in [1.165, 1.54) is 12.1 Å². The van der Waals surface area contributed by atoms with Crippen LogP contribution in [0.25, 0.3) is 22.6 Å². The molecule has 2 aromatic heterocycles.